The average molecular weight is 366 g/mol. The Morgan fingerprint density at radius 3 is 2.59 bits per heavy atom. The Morgan fingerprint density at radius 2 is 1.93 bits per heavy atom. The minimum Gasteiger partial charge on any atom is -0.426 e. The van der Waals surface area contributed by atoms with E-state index in [0.29, 0.717) is 17.0 Å². The molecule has 3 aromatic rings. The maximum atomic E-state index is 12.4. The average Bonchev–Trinajstić information content (AvgIpc) is 3.16. The van der Waals surface area contributed by atoms with Crippen LogP contribution in [0.15, 0.2) is 60.9 Å². The molecule has 2 heterocycles. The van der Waals surface area contributed by atoms with Gasteiger partial charge in [0.1, 0.15) is 11.7 Å². The first-order valence-electron chi connectivity index (χ1n) is 8.33. The van der Waals surface area contributed by atoms with E-state index < -0.39 is 25.0 Å². The summed E-state index contributed by atoms with van der Waals surface area (Å²) in [6.07, 6.45) is 3.15. The van der Waals surface area contributed by atoms with E-state index in [1.807, 2.05) is 12.1 Å². The zero-order chi connectivity index (χ0) is 19.2. The molecule has 10 heteroatoms. The molecule has 0 spiro atoms. The quantitative estimate of drug-likeness (QED) is 0.415. The van der Waals surface area contributed by atoms with E-state index in [0.717, 1.165) is 0 Å². The molecular formula is C17H19BN6O3. The van der Waals surface area contributed by atoms with Crippen molar-refractivity contribution in [2.75, 3.05) is 0 Å². The summed E-state index contributed by atoms with van der Waals surface area (Å²) in [4.78, 5) is 16.7. The lowest BCUT2D eigenvalue weighted by molar-refractivity contribution is -0.123. The Hall–Kier alpha value is -3.08. The molecule has 1 amide bonds. The molecule has 0 aliphatic rings. The minimum absolute atomic E-state index is 0.0170. The van der Waals surface area contributed by atoms with Crippen molar-refractivity contribution in [3.63, 3.8) is 0 Å². The topological polar surface area (TPSA) is 139 Å². The Labute approximate surface area is 156 Å². The van der Waals surface area contributed by atoms with Gasteiger partial charge in [0.15, 0.2) is 0 Å². The highest BCUT2D eigenvalue weighted by atomic mass is 16.4. The molecule has 5 N–H and O–H groups in total. The van der Waals surface area contributed by atoms with Gasteiger partial charge in [-0.3, -0.25) is 9.78 Å². The Balaban J connectivity index is 1.74. The number of nitrogens with two attached hydrogens (primary N) is 1. The summed E-state index contributed by atoms with van der Waals surface area (Å²) in [5.74, 6) is -1.56. The predicted molar refractivity (Wildman–Crippen MR) is 98.7 cm³/mol. The van der Waals surface area contributed by atoms with E-state index in [4.69, 9.17) is 5.73 Å². The molecule has 1 aromatic carbocycles. The third-order valence-corrected chi connectivity index (χ3v) is 4.04. The number of carbonyl (C=O) groups excluding carboxylic acids is 1. The molecule has 0 aliphatic heterocycles. The van der Waals surface area contributed by atoms with Crippen molar-refractivity contribution in [1.82, 2.24) is 25.3 Å². The predicted octanol–water partition coefficient (Wildman–Crippen LogP) is -0.463. The Bertz CT molecular complexity index is 875. The fraction of sp³-hybridized carbons (Fsp3) is 0.176. The second-order valence-corrected chi connectivity index (χ2v) is 5.93. The van der Waals surface area contributed by atoms with Gasteiger partial charge < -0.3 is 21.1 Å². The Kier molecular flexibility index (Phi) is 5.92. The smallest absolute Gasteiger partial charge is 0.426 e. The molecule has 0 radical (unpaired) electrons. The van der Waals surface area contributed by atoms with E-state index in [1.54, 1.807) is 42.6 Å². The molecule has 0 unspecified atom stereocenters. The van der Waals surface area contributed by atoms with Gasteiger partial charge in [0.05, 0.1) is 24.4 Å². The maximum absolute atomic E-state index is 12.4. The van der Waals surface area contributed by atoms with Crippen molar-refractivity contribution >= 4 is 13.0 Å². The number of hydrogen-bond acceptors (Lipinski definition) is 7. The zero-order valence-corrected chi connectivity index (χ0v) is 14.4. The van der Waals surface area contributed by atoms with Crippen LogP contribution in [-0.2, 0) is 11.3 Å². The van der Waals surface area contributed by atoms with Gasteiger partial charge in [-0.25, -0.2) is 4.68 Å². The maximum Gasteiger partial charge on any atom is 0.477 e. The summed E-state index contributed by atoms with van der Waals surface area (Å²) < 4.78 is 1.45. The summed E-state index contributed by atoms with van der Waals surface area (Å²) in [7, 11) is -1.81. The van der Waals surface area contributed by atoms with Gasteiger partial charge >= 0.3 is 7.12 Å². The molecule has 2 aromatic heterocycles. The molecule has 3 rings (SSSR count). The molecule has 0 bridgehead atoms. The van der Waals surface area contributed by atoms with Crippen LogP contribution in [0, 0.1) is 0 Å². The van der Waals surface area contributed by atoms with Crippen molar-refractivity contribution in [2.45, 2.75) is 18.5 Å². The third-order valence-electron chi connectivity index (χ3n) is 4.04. The lowest BCUT2D eigenvalue weighted by Crippen LogP contribution is -2.51. The molecule has 9 nitrogen and oxygen atoms in total. The van der Waals surface area contributed by atoms with Crippen molar-refractivity contribution in [3.05, 3.63) is 66.5 Å². The van der Waals surface area contributed by atoms with E-state index in [-0.39, 0.29) is 6.54 Å². The number of carbonyl (C=O) groups is 1. The number of hydrogen-bond donors (Lipinski definition) is 4. The van der Waals surface area contributed by atoms with Gasteiger partial charge in [0.25, 0.3) is 0 Å². The second-order valence-electron chi connectivity index (χ2n) is 5.93. The molecule has 0 saturated heterocycles. The first-order chi connectivity index (χ1) is 13.1. The molecule has 27 heavy (non-hydrogen) atoms. The SMILES string of the molecule is N[C@@H](C(=O)N[C@@H](Cn1nncc1-c1ccccn1)B(O)O)c1ccccc1. The third kappa shape index (κ3) is 4.56. The van der Waals surface area contributed by atoms with Gasteiger partial charge in [0.2, 0.25) is 5.91 Å². The van der Waals surface area contributed by atoms with E-state index in [1.165, 1.54) is 10.9 Å². The number of nitrogens with one attached hydrogen (secondary N) is 1. The molecule has 2 atom stereocenters. The molecule has 0 aliphatic carbocycles. The van der Waals surface area contributed by atoms with Crippen LogP contribution < -0.4 is 11.1 Å². The molecule has 138 valence electrons. The normalized spacial score (nSPS) is 13.0. The van der Waals surface area contributed by atoms with Gasteiger partial charge in [-0.15, -0.1) is 5.10 Å². The summed E-state index contributed by atoms with van der Waals surface area (Å²) in [6.45, 7) is -0.0170. The highest BCUT2D eigenvalue weighted by molar-refractivity contribution is 6.43. The summed E-state index contributed by atoms with van der Waals surface area (Å²) in [6, 6.07) is 13.3. The number of nitrogens with zero attached hydrogens (tertiary/aromatic N) is 4. The van der Waals surface area contributed by atoms with Gasteiger partial charge in [-0.2, -0.15) is 0 Å². The van der Waals surface area contributed by atoms with Crippen LogP contribution in [0.1, 0.15) is 11.6 Å². The number of rotatable bonds is 7. The van der Waals surface area contributed by atoms with Crippen LogP contribution in [0.5, 0.6) is 0 Å². The highest BCUT2D eigenvalue weighted by Crippen LogP contribution is 2.15. The zero-order valence-electron chi connectivity index (χ0n) is 14.4. The van der Waals surface area contributed by atoms with Crippen molar-refractivity contribution < 1.29 is 14.8 Å². The molecule has 0 fully saturated rings. The van der Waals surface area contributed by atoms with Crippen molar-refractivity contribution in [3.8, 4) is 11.4 Å². The Morgan fingerprint density at radius 1 is 1.19 bits per heavy atom. The minimum atomic E-state index is -1.81. The van der Waals surface area contributed by atoms with Crippen LogP contribution in [0.25, 0.3) is 11.4 Å². The number of aromatic nitrogens is 4. The standard InChI is InChI=1S/C17H19BN6O3/c19-16(12-6-2-1-3-7-12)17(25)22-15(18(26)27)11-24-14(10-21-23-24)13-8-4-5-9-20-13/h1-10,15-16,26-27H,11,19H2,(H,22,25)/t15-,16+/m0/s1. The molecular weight excluding hydrogens is 347 g/mol. The lowest BCUT2D eigenvalue weighted by Gasteiger charge is -2.21. The second kappa shape index (κ2) is 8.54. The van der Waals surface area contributed by atoms with E-state index >= 15 is 0 Å². The lowest BCUT2D eigenvalue weighted by atomic mass is 9.79. The van der Waals surface area contributed by atoms with Crippen LogP contribution in [0.2, 0.25) is 0 Å². The molecule has 0 saturated carbocycles. The number of amides is 1. The largest absolute Gasteiger partial charge is 0.477 e. The highest BCUT2D eigenvalue weighted by Gasteiger charge is 2.29. The summed E-state index contributed by atoms with van der Waals surface area (Å²) in [5, 5.41) is 29.7. The van der Waals surface area contributed by atoms with Crippen LogP contribution in [0.4, 0.5) is 0 Å². The first-order valence-corrected chi connectivity index (χ1v) is 8.33. The van der Waals surface area contributed by atoms with E-state index in [2.05, 4.69) is 20.6 Å². The fourth-order valence-electron chi connectivity index (χ4n) is 2.59. The van der Waals surface area contributed by atoms with Crippen molar-refractivity contribution in [1.29, 1.82) is 0 Å². The summed E-state index contributed by atoms with van der Waals surface area (Å²) >= 11 is 0. The number of benzene rings is 1. The van der Waals surface area contributed by atoms with Crippen molar-refractivity contribution in [2.24, 2.45) is 5.73 Å². The number of pyridine rings is 1. The van der Waals surface area contributed by atoms with Gasteiger partial charge in [-0.1, -0.05) is 41.6 Å². The van der Waals surface area contributed by atoms with Crippen LogP contribution in [0.3, 0.4) is 0 Å². The monoisotopic (exact) mass is 366 g/mol. The summed E-state index contributed by atoms with van der Waals surface area (Å²) in [5.41, 5.74) is 7.79. The van der Waals surface area contributed by atoms with Gasteiger partial charge in [0, 0.05) is 6.20 Å². The fourth-order valence-corrected chi connectivity index (χ4v) is 2.59. The van der Waals surface area contributed by atoms with E-state index in [9.17, 15) is 14.8 Å². The van der Waals surface area contributed by atoms with Crippen LogP contribution in [-0.4, -0.2) is 49.0 Å². The van der Waals surface area contributed by atoms with Crippen LogP contribution >= 0.6 is 0 Å². The van der Waals surface area contributed by atoms with Gasteiger partial charge in [-0.05, 0) is 17.7 Å². The first kappa shape index (κ1) is 18.7.